The summed E-state index contributed by atoms with van der Waals surface area (Å²) in [5.41, 5.74) is 5.64. The number of aromatic nitrogens is 3. The van der Waals surface area contributed by atoms with E-state index in [1.54, 1.807) is 0 Å². The molecule has 4 heteroatoms. The third kappa shape index (κ3) is 1.13. The Morgan fingerprint density at radius 3 is 2.69 bits per heavy atom. The Labute approximate surface area is 77.8 Å². The summed E-state index contributed by atoms with van der Waals surface area (Å²) in [6.07, 6.45) is 0. The lowest BCUT2D eigenvalue weighted by Crippen LogP contribution is -2.15. The maximum atomic E-state index is 4.10. The van der Waals surface area contributed by atoms with E-state index >= 15 is 0 Å². The summed E-state index contributed by atoms with van der Waals surface area (Å²) in [7, 11) is 2.09. The zero-order valence-corrected chi connectivity index (χ0v) is 8.05. The summed E-state index contributed by atoms with van der Waals surface area (Å²) in [6.45, 7) is 6.22. The fourth-order valence-corrected chi connectivity index (χ4v) is 1.57. The fraction of sp³-hybridized carbons (Fsp3) is 0.333. The Bertz CT molecular complexity index is 447. The lowest BCUT2D eigenvalue weighted by atomic mass is 9.70. The van der Waals surface area contributed by atoms with Gasteiger partial charge in [-0.2, -0.15) is 15.4 Å². The highest BCUT2D eigenvalue weighted by Crippen LogP contribution is 2.14. The predicted molar refractivity (Wildman–Crippen MR) is 54.6 cm³/mol. The van der Waals surface area contributed by atoms with Crippen molar-refractivity contribution in [2.75, 3.05) is 0 Å². The molecule has 0 aliphatic rings. The molecule has 0 aliphatic carbocycles. The van der Waals surface area contributed by atoms with E-state index in [9.17, 15) is 0 Å². The molecule has 0 spiro atoms. The number of hydrogen-bond donors (Lipinski definition) is 1. The SMILES string of the molecule is C[B]c1cc2n[nH]nc2c(C)c1C. The normalized spacial score (nSPS) is 10.7. The highest BCUT2D eigenvalue weighted by atomic mass is 15.3. The van der Waals surface area contributed by atoms with Crippen molar-refractivity contribution in [3.63, 3.8) is 0 Å². The van der Waals surface area contributed by atoms with Gasteiger partial charge in [0.2, 0.25) is 0 Å². The van der Waals surface area contributed by atoms with Gasteiger partial charge in [0.25, 0.3) is 0 Å². The van der Waals surface area contributed by atoms with Gasteiger partial charge in [0.05, 0.1) is 0 Å². The topological polar surface area (TPSA) is 41.6 Å². The quantitative estimate of drug-likeness (QED) is 0.650. The van der Waals surface area contributed by atoms with E-state index in [0.29, 0.717) is 0 Å². The summed E-state index contributed by atoms with van der Waals surface area (Å²) in [6, 6.07) is 2.06. The van der Waals surface area contributed by atoms with Gasteiger partial charge >= 0.3 is 0 Å². The molecule has 1 aromatic carbocycles. The Morgan fingerprint density at radius 2 is 2.00 bits per heavy atom. The van der Waals surface area contributed by atoms with Crippen LogP contribution in [0, 0.1) is 13.8 Å². The van der Waals surface area contributed by atoms with Crippen LogP contribution in [0.3, 0.4) is 0 Å². The zero-order valence-electron chi connectivity index (χ0n) is 8.05. The minimum absolute atomic E-state index is 0.941. The number of hydrogen-bond acceptors (Lipinski definition) is 2. The van der Waals surface area contributed by atoms with Gasteiger partial charge in [0.1, 0.15) is 18.3 Å². The average molecular weight is 172 g/mol. The maximum Gasteiger partial charge on any atom is 0.148 e. The minimum atomic E-state index is 0.941. The van der Waals surface area contributed by atoms with E-state index in [-0.39, 0.29) is 0 Å². The second kappa shape index (κ2) is 2.87. The first-order chi connectivity index (χ1) is 6.24. The minimum Gasteiger partial charge on any atom is -0.197 e. The van der Waals surface area contributed by atoms with Gasteiger partial charge in [0, 0.05) is 0 Å². The Balaban J connectivity index is 2.83. The molecule has 1 heterocycles. The predicted octanol–water partition coefficient (Wildman–Crippen LogP) is 0.952. The van der Waals surface area contributed by atoms with E-state index in [1.807, 2.05) is 6.82 Å². The average Bonchev–Trinajstić information content (AvgIpc) is 2.59. The standard InChI is InChI=1S/C9H11BN3/c1-5-6(2)9-8(11-13-12-9)4-7(5)10-3/h4H,1-3H3,(H,11,12,13). The van der Waals surface area contributed by atoms with Gasteiger partial charge in [-0.05, 0) is 25.5 Å². The summed E-state index contributed by atoms with van der Waals surface area (Å²) in [5.74, 6) is 0. The lowest BCUT2D eigenvalue weighted by molar-refractivity contribution is 0.958. The van der Waals surface area contributed by atoms with Crippen molar-refractivity contribution >= 4 is 23.8 Å². The third-order valence-corrected chi connectivity index (χ3v) is 2.53. The molecule has 0 aliphatic heterocycles. The summed E-state index contributed by atoms with van der Waals surface area (Å²) >= 11 is 0. The number of aryl methyl sites for hydroxylation is 1. The van der Waals surface area contributed by atoms with Crippen molar-refractivity contribution in [2.45, 2.75) is 20.7 Å². The van der Waals surface area contributed by atoms with Crippen LogP contribution in [0.5, 0.6) is 0 Å². The first kappa shape index (κ1) is 8.29. The Morgan fingerprint density at radius 1 is 1.23 bits per heavy atom. The van der Waals surface area contributed by atoms with Crippen LogP contribution in [0.2, 0.25) is 6.82 Å². The number of nitrogens with zero attached hydrogens (tertiary/aromatic N) is 2. The molecule has 0 fully saturated rings. The van der Waals surface area contributed by atoms with Crippen LogP contribution < -0.4 is 5.46 Å². The number of H-pyrrole nitrogens is 1. The van der Waals surface area contributed by atoms with Crippen LogP contribution in [-0.2, 0) is 0 Å². The van der Waals surface area contributed by atoms with E-state index in [1.165, 1.54) is 16.6 Å². The van der Waals surface area contributed by atoms with Gasteiger partial charge < -0.3 is 0 Å². The van der Waals surface area contributed by atoms with Crippen LogP contribution in [0.4, 0.5) is 0 Å². The van der Waals surface area contributed by atoms with Crippen LogP contribution >= 0.6 is 0 Å². The second-order valence-corrected chi connectivity index (χ2v) is 3.20. The third-order valence-electron chi connectivity index (χ3n) is 2.53. The van der Waals surface area contributed by atoms with Gasteiger partial charge in [0.15, 0.2) is 0 Å². The van der Waals surface area contributed by atoms with E-state index in [2.05, 4.69) is 42.6 Å². The molecule has 1 radical (unpaired) electrons. The molecule has 1 N–H and O–H groups in total. The molecule has 0 saturated carbocycles. The molecular formula is C9H11BN3. The number of nitrogens with one attached hydrogen (secondary N) is 1. The van der Waals surface area contributed by atoms with Crippen molar-refractivity contribution in [3.05, 3.63) is 17.2 Å². The molecule has 65 valence electrons. The van der Waals surface area contributed by atoms with E-state index < -0.39 is 0 Å². The van der Waals surface area contributed by atoms with Crippen molar-refractivity contribution in [1.29, 1.82) is 0 Å². The molecule has 2 aromatic rings. The molecule has 0 saturated heterocycles. The van der Waals surface area contributed by atoms with Crippen molar-refractivity contribution < 1.29 is 0 Å². The summed E-state index contributed by atoms with van der Waals surface area (Å²) in [5, 5.41) is 10.8. The van der Waals surface area contributed by atoms with Gasteiger partial charge in [-0.3, -0.25) is 0 Å². The zero-order chi connectivity index (χ0) is 9.42. The largest absolute Gasteiger partial charge is 0.197 e. The molecule has 13 heavy (non-hydrogen) atoms. The van der Waals surface area contributed by atoms with Crippen molar-refractivity contribution in [2.24, 2.45) is 0 Å². The van der Waals surface area contributed by atoms with E-state index in [4.69, 9.17) is 0 Å². The van der Waals surface area contributed by atoms with Crippen LogP contribution in [0.1, 0.15) is 11.1 Å². The second-order valence-electron chi connectivity index (χ2n) is 3.20. The van der Waals surface area contributed by atoms with Crippen LogP contribution in [0.25, 0.3) is 11.0 Å². The molecule has 0 unspecified atom stereocenters. The fourth-order valence-electron chi connectivity index (χ4n) is 1.57. The molecule has 0 atom stereocenters. The lowest BCUT2D eigenvalue weighted by Gasteiger charge is -2.05. The smallest absolute Gasteiger partial charge is 0.148 e. The maximum absolute atomic E-state index is 4.10. The molecule has 0 amide bonds. The number of rotatable bonds is 1. The Hall–Kier alpha value is -1.32. The summed E-state index contributed by atoms with van der Waals surface area (Å²) in [4.78, 5) is 0. The molecular weight excluding hydrogens is 161 g/mol. The highest BCUT2D eigenvalue weighted by Gasteiger charge is 2.08. The van der Waals surface area contributed by atoms with Gasteiger partial charge in [-0.25, -0.2) is 0 Å². The highest BCUT2D eigenvalue weighted by molar-refractivity contribution is 6.53. The van der Waals surface area contributed by atoms with Gasteiger partial charge in [-0.15, -0.1) is 0 Å². The number of aromatic amines is 1. The first-order valence-electron chi connectivity index (χ1n) is 4.34. The number of benzene rings is 1. The summed E-state index contributed by atoms with van der Waals surface area (Å²) < 4.78 is 0. The van der Waals surface area contributed by atoms with E-state index in [0.717, 1.165) is 11.0 Å². The van der Waals surface area contributed by atoms with Crippen LogP contribution in [0.15, 0.2) is 6.07 Å². The molecule has 1 aromatic heterocycles. The first-order valence-corrected chi connectivity index (χ1v) is 4.34. The van der Waals surface area contributed by atoms with Crippen LogP contribution in [-0.4, -0.2) is 22.7 Å². The molecule has 0 bridgehead atoms. The monoisotopic (exact) mass is 172 g/mol. The van der Waals surface area contributed by atoms with Gasteiger partial charge in [-0.1, -0.05) is 17.8 Å². The Kier molecular flexibility index (Phi) is 1.83. The number of fused-ring (bicyclic) bond motifs is 1. The van der Waals surface area contributed by atoms with Crippen molar-refractivity contribution in [3.8, 4) is 0 Å². The van der Waals surface area contributed by atoms with Crippen molar-refractivity contribution in [1.82, 2.24) is 15.4 Å². The molecule has 2 rings (SSSR count). The molecule has 3 nitrogen and oxygen atoms in total.